The van der Waals surface area contributed by atoms with E-state index >= 15 is 0 Å². The van der Waals surface area contributed by atoms with E-state index in [9.17, 15) is 5.11 Å². The Morgan fingerprint density at radius 3 is 1.62 bits per heavy atom. The Morgan fingerprint density at radius 1 is 0.810 bits per heavy atom. The van der Waals surface area contributed by atoms with E-state index in [1.54, 1.807) is 19.2 Å². The van der Waals surface area contributed by atoms with Gasteiger partial charge in [0.1, 0.15) is 11.5 Å². The van der Waals surface area contributed by atoms with Gasteiger partial charge in [0.25, 0.3) is 0 Å². The van der Waals surface area contributed by atoms with Gasteiger partial charge >= 0.3 is 0 Å². The summed E-state index contributed by atoms with van der Waals surface area (Å²) in [4.78, 5) is 0. The lowest BCUT2D eigenvalue weighted by Crippen LogP contribution is -2.10. The maximum Gasteiger partial charge on any atom is 0.118 e. The van der Waals surface area contributed by atoms with Gasteiger partial charge in [-0.3, -0.25) is 0 Å². The summed E-state index contributed by atoms with van der Waals surface area (Å²) in [7, 11) is 1.69. The average Bonchev–Trinajstić information content (AvgIpc) is 2.54. The summed E-state index contributed by atoms with van der Waals surface area (Å²) in [6.45, 7) is 4.46. The number of ether oxygens (including phenoxy) is 1. The van der Waals surface area contributed by atoms with E-state index in [0.717, 1.165) is 18.6 Å². The highest BCUT2D eigenvalue weighted by molar-refractivity contribution is 5.34. The molecular weight excluding hydrogens is 260 g/mol. The molecule has 2 nitrogen and oxygen atoms in total. The van der Waals surface area contributed by atoms with Gasteiger partial charge in [0.2, 0.25) is 0 Å². The fourth-order valence-electron chi connectivity index (χ4n) is 3.08. The zero-order chi connectivity index (χ0) is 15.2. The largest absolute Gasteiger partial charge is 0.508 e. The van der Waals surface area contributed by atoms with E-state index in [4.69, 9.17) is 4.74 Å². The molecular formula is C19H24O2. The average molecular weight is 284 g/mol. The molecule has 0 aliphatic carbocycles. The summed E-state index contributed by atoms with van der Waals surface area (Å²) in [5.41, 5.74) is 2.64. The molecule has 0 unspecified atom stereocenters. The van der Waals surface area contributed by atoms with E-state index in [2.05, 4.69) is 26.0 Å². The third-order valence-corrected chi connectivity index (χ3v) is 4.23. The molecule has 0 radical (unpaired) electrons. The van der Waals surface area contributed by atoms with Crippen molar-refractivity contribution in [2.24, 2.45) is 0 Å². The number of hydrogen-bond acceptors (Lipinski definition) is 2. The lowest BCUT2D eigenvalue weighted by molar-refractivity contribution is 0.414. The summed E-state index contributed by atoms with van der Waals surface area (Å²) in [6, 6.07) is 16.0. The van der Waals surface area contributed by atoms with Gasteiger partial charge in [0.05, 0.1) is 7.11 Å². The Labute approximate surface area is 127 Å². The Bertz CT molecular complexity index is 543. The molecule has 0 saturated carbocycles. The number of hydrogen-bond donors (Lipinski definition) is 1. The first-order valence-electron chi connectivity index (χ1n) is 7.62. The van der Waals surface area contributed by atoms with E-state index in [-0.39, 0.29) is 0 Å². The normalized spacial score (nSPS) is 13.7. The first kappa shape index (κ1) is 15.4. The van der Waals surface area contributed by atoms with Crippen molar-refractivity contribution < 1.29 is 9.84 Å². The predicted molar refractivity (Wildman–Crippen MR) is 87.2 cm³/mol. The minimum atomic E-state index is 0.325. The zero-order valence-electron chi connectivity index (χ0n) is 13.0. The van der Waals surface area contributed by atoms with Crippen molar-refractivity contribution in [2.45, 2.75) is 38.5 Å². The second-order valence-electron chi connectivity index (χ2n) is 5.39. The highest BCUT2D eigenvalue weighted by Gasteiger charge is 2.22. The number of methoxy groups -OCH3 is 1. The number of rotatable bonds is 6. The van der Waals surface area contributed by atoms with Crippen LogP contribution >= 0.6 is 0 Å². The second-order valence-corrected chi connectivity index (χ2v) is 5.39. The molecule has 0 aliphatic heterocycles. The zero-order valence-corrected chi connectivity index (χ0v) is 13.0. The van der Waals surface area contributed by atoms with Crippen LogP contribution in [-0.4, -0.2) is 12.2 Å². The highest BCUT2D eigenvalue weighted by Crippen LogP contribution is 2.38. The molecule has 0 amide bonds. The van der Waals surface area contributed by atoms with Crippen molar-refractivity contribution in [1.82, 2.24) is 0 Å². The van der Waals surface area contributed by atoms with Crippen LogP contribution in [0.5, 0.6) is 11.5 Å². The van der Waals surface area contributed by atoms with Crippen LogP contribution in [0.25, 0.3) is 0 Å². The fourth-order valence-corrected chi connectivity index (χ4v) is 3.08. The van der Waals surface area contributed by atoms with Crippen LogP contribution in [0.2, 0.25) is 0 Å². The van der Waals surface area contributed by atoms with Crippen molar-refractivity contribution in [3.8, 4) is 11.5 Å². The monoisotopic (exact) mass is 284 g/mol. The lowest BCUT2D eigenvalue weighted by Gasteiger charge is -2.26. The minimum absolute atomic E-state index is 0.325. The molecule has 0 spiro atoms. The molecule has 0 heterocycles. The van der Waals surface area contributed by atoms with Crippen molar-refractivity contribution in [2.75, 3.05) is 7.11 Å². The molecule has 2 rings (SSSR count). The van der Waals surface area contributed by atoms with Crippen LogP contribution < -0.4 is 4.74 Å². The number of phenols is 1. The maximum atomic E-state index is 9.47. The quantitative estimate of drug-likeness (QED) is 0.800. The van der Waals surface area contributed by atoms with Gasteiger partial charge in [0.15, 0.2) is 0 Å². The van der Waals surface area contributed by atoms with Crippen LogP contribution in [0.4, 0.5) is 0 Å². The standard InChI is InChI=1S/C19H24O2/c1-4-18(14-6-10-16(20)11-7-14)19(5-2)15-8-12-17(21-3)13-9-15/h6-13,18-20H,4-5H2,1-3H3/t18-,19+/m1/s1. The molecule has 0 aromatic heterocycles. The fraction of sp³-hybridized carbons (Fsp3) is 0.368. The summed E-state index contributed by atoms with van der Waals surface area (Å²) < 4.78 is 5.24. The minimum Gasteiger partial charge on any atom is -0.508 e. The molecule has 0 aliphatic rings. The molecule has 1 N–H and O–H groups in total. The van der Waals surface area contributed by atoms with Gasteiger partial charge in [-0.25, -0.2) is 0 Å². The van der Waals surface area contributed by atoms with Gasteiger partial charge in [-0.1, -0.05) is 38.1 Å². The van der Waals surface area contributed by atoms with E-state index in [0.29, 0.717) is 17.6 Å². The smallest absolute Gasteiger partial charge is 0.118 e. The maximum absolute atomic E-state index is 9.47. The Balaban J connectivity index is 2.29. The molecule has 2 aromatic carbocycles. The SMILES string of the molecule is CC[C@H](c1ccc(O)cc1)[C@@H](CC)c1ccc(OC)cc1. The van der Waals surface area contributed by atoms with Crippen LogP contribution in [0.3, 0.4) is 0 Å². The first-order chi connectivity index (χ1) is 10.2. The Kier molecular flexibility index (Phi) is 5.26. The van der Waals surface area contributed by atoms with Gasteiger partial charge in [0, 0.05) is 0 Å². The third-order valence-electron chi connectivity index (χ3n) is 4.23. The molecule has 0 saturated heterocycles. The van der Waals surface area contributed by atoms with Crippen molar-refractivity contribution in [3.63, 3.8) is 0 Å². The Hall–Kier alpha value is -1.96. The van der Waals surface area contributed by atoms with Gasteiger partial charge in [-0.2, -0.15) is 0 Å². The topological polar surface area (TPSA) is 29.5 Å². The first-order valence-corrected chi connectivity index (χ1v) is 7.62. The Morgan fingerprint density at radius 2 is 1.24 bits per heavy atom. The molecule has 21 heavy (non-hydrogen) atoms. The van der Waals surface area contributed by atoms with Crippen LogP contribution in [0, 0.1) is 0 Å². The van der Waals surface area contributed by atoms with Crippen molar-refractivity contribution >= 4 is 0 Å². The molecule has 2 heteroatoms. The molecule has 2 aromatic rings. The summed E-state index contributed by atoms with van der Waals surface area (Å²) in [5.74, 6) is 2.16. The van der Waals surface area contributed by atoms with Crippen molar-refractivity contribution in [1.29, 1.82) is 0 Å². The van der Waals surface area contributed by atoms with Gasteiger partial charge in [-0.15, -0.1) is 0 Å². The molecule has 2 atom stereocenters. The predicted octanol–water partition coefficient (Wildman–Crippen LogP) is 5.09. The summed E-state index contributed by atoms with van der Waals surface area (Å²) in [6.07, 6.45) is 2.17. The molecule has 0 bridgehead atoms. The highest BCUT2D eigenvalue weighted by atomic mass is 16.5. The molecule has 112 valence electrons. The number of aromatic hydroxyl groups is 1. The number of phenolic OH excluding ortho intramolecular Hbond substituents is 1. The van der Waals surface area contributed by atoms with Crippen LogP contribution in [0.15, 0.2) is 48.5 Å². The van der Waals surface area contributed by atoms with Crippen LogP contribution in [0.1, 0.15) is 49.7 Å². The third kappa shape index (κ3) is 3.57. The number of benzene rings is 2. The van der Waals surface area contributed by atoms with Gasteiger partial charge < -0.3 is 9.84 Å². The summed E-state index contributed by atoms with van der Waals surface area (Å²) in [5, 5.41) is 9.47. The lowest BCUT2D eigenvalue weighted by atomic mass is 9.78. The van der Waals surface area contributed by atoms with Gasteiger partial charge in [-0.05, 0) is 60.1 Å². The van der Waals surface area contributed by atoms with E-state index in [1.165, 1.54) is 11.1 Å². The molecule has 0 fully saturated rings. The van der Waals surface area contributed by atoms with E-state index in [1.807, 2.05) is 24.3 Å². The van der Waals surface area contributed by atoms with Crippen molar-refractivity contribution in [3.05, 3.63) is 59.7 Å². The van der Waals surface area contributed by atoms with Crippen LogP contribution in [-0.2, 0) is 0 Å². The van der Waals surface area contributed by atoms with E-state index < -0.39 is 0 Å². The summed E-state index contributed by atoms with van der Waals surface area (Å²) >= 11 is 0. The second kappa shape index (κ2) is 7.16.